The Balaban J connectivity index is 1.82. The molecule has 0 unspecified atom stereocenters. The van der Waals surface area contributed by atoms with Crippen LogP contribution in [0.15, 0.2) is 24.3 Å². The number of hydrogen-bond donors (Lipinski definition) is 0. The van der Waals surface area contributed by atoms with Gasteiger partial charge in [0.1, 0.15) is 11.9 Å². The minimum absolute atomic E-state index is 0.184. The molecule has 112 valence electrons. The van der Waals surface area contributed by atoms with Gasteiger partial charge in [0.2, 0.25) is 0 Å². The summed E-state index contributed by atoms with van der Waals surface area (Å²) in [5.74, 6) is 0.690. The van der Waals surface area contributed by atoms with Crippen LogP contribution in [-0.2, 0) is 11.3 Å². The van der Waals surface area contributed by atoms with E-state index in [4.69, 9.17) is 4.74 Å². The van der Waals surface area contributed by atoms with E-state index in [1.807, 2.05) is 0 Å². The van der Waals surface area contributed by atoms with Gasteiger partial charge >= 0.3 is 6.36 Å². The zero-order valence-electron chi connectivity index (χ0n) is 11.3. The van der Waals surface area contributed by atoms with E-state index in [-0.39, 0.29) is 6.10 Å². The van der Waals surface area contributed by atoms with Gasteiger partial charge in [-0.2, -0.15) is 0 Å². The van der Waals surface area contributed by atoms with Gasteiger partial charge in [0.15, 0.2) is 0 Å². The largest absolute Gasteiger partial charge is 0.522 e. The Hall–Kier alpha value is -1.27. The van der Waals surface area contributed by atoms with Gasteiger partial charge in [-0.15, -0.1) is 13.2 Å². The third-order valence-electron chi connectivity index (χ3n) is 3.29. The second-order valence-corrected chi connectivity index (χ2v) is 5.00. The second-order valence-electron chi connectivity index (χ2n) is 5.00. The van der Waals surface area contributed by atoms with Gasteiger partial charge in [0.05, 0.1) is 6.61 Å². The van der Waals surface area contributed by atoms with Crippen LogP contribution in [-0.4, -0.2) is 37.5 Å². The molecule has 1 aromatic rings. The van der Waals surface area contributed by atoms with Crippen LogP contribution in [0, 0.1) is 0 Å². The Morgan fingerprint density at radius 1 is 1.15 bits per heavy atom. The summed E-state index contributed by atoms with van der Waals surface area (Å²) >= 11 is 0. The molecule has 0 amide bonds. The Morgan fingerprint density at radius 3 is 2.30 bits per heavy atom. The van der Waals surface area contributed by atoms with Gasteiger partial charge < -0.3 is 9.64 Å². The lowest BCUT2D eigenvalue weighted by Gasteiger charge is -2.29. The molecule has 2 rings (SSSR count). The van der Waals surface area contributed by atoms with Crippen molar-refractivity contribution in [2.45, 2.75) is 31.9 Å². The van der Waals surface area contributed by atoms with Gasteiger partial charge in [-0.3, -0.25) is 4.74 Å². The fourth-order valence-electron chi connectivity index (χ4n) is 2.12. The molecule has 1 aliphatic heterocycles. The lowest BCUT2D eigenvalue weighted by molar-refractivity contribution is -0.330. The van der Waals surface area contributed by atoms with Crippen molar-refractivity contribution in [2.75, 3.05) is 20.1 Å². The molecule has 1 aliphatic rings. The minimum atomic E-state index is -4.59. The molecule has 0 atom stereocenters. The summed E-state index contributed by atoms with van der Waals surface area (Å²) in [4.78, 5) is 2.25. The van der Waals surface area contributed by atoms with Crippen molar-refractivity contribution in [1.29, 1.82) is 0 Å². The summed E-state index contributed by atoms with van der Waals surface area (Å²) in [6.45, 7) is 1.53. The molecule has 1 saturated heterocycles. The number of rotatable bonds is 4. The predicted molar refractivity (Wildman–Crippen MR) is 68.4 cm³/mol. The third kappa shape index (κ3) is 5.02. The highest BCUT2D eigenvalue weighted by molar-refractivity contribution is 5.27. The summed E-state index contributed by atoms with van der Waals surface area (Å²) < 4.78 is 45.3. The van der Waals surface area contributed by atoms with E-state index in [1.54, 1.807) is 24.3 Å². The van der Waals surface area contributed by atoms with E-state index in [9.17, 15) is 13.2 Å². The molecule has 1 aromatic carbocycles. The van der Waals surface area contributed by atoms with Crippen LogP contribution in [0.25, 0.3) is 0 Å². The van der Waals surface area contributed by atoms with Crippen LogP contribution in [0.3, 0.4) is 0 Å². The molecule has 6 heteroatoms. The van der Waals surface area contributed by atoms with Crippen molar-refractivity contribution in [1.82, 2.24) is 4.90 Å². The molecule has 0 saturated carbocycles. The molecular formula is C14H18F3NO2. The van der Waals surface area contributed by atoms with Crippen LogP contribution in [0.2, 0.25) is 0 Å². The number of halogens is 3. The fraction of sp³-hybridized carbons (Fsp3) is 0.571. The van der Waals surface area contributed by atoms with E-state index in [0.29, 0.717) is 11.3 Å². The average molecular weight is 289 g/mol. The molecule has 3 nitrogen and oxygen atoms in total. The molecule has 1 fully saturated rings. The molecule has 0 N–H and O–H groups in total. The fourth-order valence-corrected chi connectivity index (χ4v) is 2.12. The van der Waals surface area contributed by atoms with Crippen LogP contribution < -0.4 is 4.74 Å². The van der Waals surface area contributed by atoms with Gasteiger partial charge in [-0.25, -0.2) is 0 Å². The van der Waals surface area contributed by atoms with E-state index in [2.05, 4.69) is 16.7 Å². The summed E-state index contributed by atoms with van der Waals surface area (Å²) in [5.41, 5.74) is 0.470. The lowest BCUT2D eigenvalue weighted by atomic mass is 10.1. The van der Waals surface area contributed by atoms with E-state index in [0.717, 1.165) is 25.9 Å². The molecule has 0 aliphatic carbocycles. The van der Waals surface area contributed by atoms with Gasteiger partial charge in [-0.05, 0) is 37.6 Å². The number of ether oxygens (including phenoxy) is 2. The zero-order chi connectivity index (χ0) is 14.6. The van der Waals surface area contributed by atoms with Gasteiger partial charge in [0, 0.05) is 13.1 Å². The third-order valence-corrected chi connectivity index (χ3v) is 3.29. The maximum absolute atomic E-state index is 11.9. The van der Waals surface area contributed by atoms with Crippen LogP contribution in [0.1, 0.15) is 18.4 Å². The Bertz CT molecular complexity index is 411. The molecular weight excluding hydrogens is 271 g/mol. The van der Waals surface area contributed by atoms with Gasteiger partial charge in [-0.1, -0.05) is 12.1 Å². The first-order chi connectivity index (χ1) is 9.42. The highest BCUT2D eigenvalue weighted by Crippen LogP contribution is 2.22. The Labute approximate surface area is 116 Å². The normalized spacial score (nSPS) is 18.2. The van der Waals surface area contributed by atoms with Crippen molar-refractivity contribution >= 4 is 0 Å². The summed E-state index contributed by atoms with van der Waals surface area (Å²) in [7, 11) is 2.08. The quantitative estimate of drug-likeness (QED) is 0.849. The first kappa shape index (κ1) is 15.1. The second kappa shape index (κ2) is 6.45. The standard InChI is InChI=1S/C14H18F3NO2/c1-18-8-6-13(7-9-18)20-12-4-2-11(3-5-12)10-19-14(15,16)17/h2-5,13H,6-10H2,1H3. The topological polar surface area (TPSA) is 21.7 Å². The number of likely N-dealkylation sites (tertiary alicyclic amines) is 1. The number of benzene rings is 1. The molecule has 0 radical (unpaired) electrons. The molecule has 0 aromatic heterocycles. The van der Waals surface area contributed by atoms with Gasteiger partial charge in [0.25, 0.3) is 0 Å². The summed E-state index contributed by atoms with van der Waals surface area (Å²) in [6.07, 6.45) is -2.47. The summed E-state index contributed by atoms with van der Waals surface area (Å²) in [5, 5.41) is 0. The number of piperidine rings is 1. The van der Waals surface area contributed by atoms with Crippen LogP contribution >= 0.6 is 0 Å². The zero-order valence-corrected chi connectivity index (χ0v) is 11.3. The van der Waals surface area contributed by atoms with Crippen molar-refractivity contribution in [3.63, 3.8) is 0 Å². The minimum Gasteiger partial charge on any atom is -0.490 e. The van der Waals surface area contributed by atoms with Crippen molar-refractivity contribution < 1.29 is 22.6 Å². The van der Waals surface area contributed by atoms with E-state index < -0.39 is 13.0 Å². The summed E-state index contributed by atoms with van der Waals surface area (Å²) in [6, 6.07) is 6.56. The molecule has 0 bridgehead atoms. The Kier molecular flexibility index (Phi) is 4.88. The average Bonchev–Trinajstić information content (AvgIpc) is 2.40. The first-order valence-corrected chi connectivity index (χ1v) is 6.57. The number of hydrogen-bond acceptors (Lipinski definition) is 3. The smallest absolute Gasteiger partial charge is 0.490 e. The monoisotopic (exact) mass is 289 g/mol. The molecule has 1 heterocycles. The SMILES string of the molecule is CN1CCC(Oc2ccc(COC(F)(F)F)cc2)CC1. The Morgan fingerprint density at radius 2 is 1.75 bits per heavy atom. The predicted octanol–water partition coefficient (Wildman–Crippen LogP) is 3.20. The van der Waals surface area contributed by atoms with Crippen molar-refractivity contribution in [2.24, 2.45) is 0 Å². The maximum Gasteiger partial charge on any atom is 0.522 e. The first-order valence-electron chi connectivity index (χ1n) is 6.57. The number of nitrogens with zero attached hydrogens (tertiary/aromatic N) is 1. The highest BCUT2D eigenvalue weighted by Gasteiger charge is 2.28. The molecule has 20 heavy (non-hydrogen) atoms. The van der Waals surface area contributed by atoms with E-state index in [1.165, 1.54) is 0 Å². The lowest BCUT2D eigenvalue weighted by Crippen LogP contribution is -2.35. The van der Waals surface area contributed by atoms with Crippen molar-refractivity contribution in [3.8, 4) is 5.75 Å². The molecule has 0 spiro atoms. The number of alkyl halides is 3. The maximum atomic E-state index is 11.9. The van der Waals surface area contributed by atoms with Crippen LogP contribution in [0.4, 0.5) is 13.2 Å². The van der Waals surface area contributed by atoms with E-state index >= 15 is 0 Å². The highest BCUT2D eigenvalue weighted by atomic mass is 19.4. The van der Waals surface area contributed by atoms with Crippen molar-refractivity contribution in [3.05, 3.63) is 29.8 Å². The van der Waals surface area contributed by atoms with Crippen LogP contribution in [0.5, 0.6) is 5.75 Å².